The Morgan fingerprint density at radius 3 is 2.94 bits per heavy atom. The molecule has 0 saturated heterocycles. The normalized spacial score (nSPS) is 10.3. The van der Waals surface area contributed by atoms with Crippen molar-refractivity contribution in [1.29, 1.82) is 0 Å². The van der Waals surface area contributed by atoms with E-state index in [-0.39, 0.29) is 5.69 Å². The van der Waals surface area contributed by atoms with E-state index in [1.54, 1.807) is 13.0 Å². The number of nitrogens with one attached hydrogen (secondary N) is 1. The summed E-state index contributed by atoms with van der Waals surface area (Å²) >= 11 is 0. The van der Waals surface area contributed by atoms with Crippen molar-refractivity contribution >= 4 is 17.5 Å². The third-order valence-electron chi connectivity index (χ3n) is 2.26. The van der Waals surface area contributed by atoms with Gasteiger partial charge in [0.05, 0.1) is 12.2 Å². The number of nitrogens with zero attached hydrogens (tertiary/aromatic N) is 2. The zero-order chi connectivity index (χ0) is 13.1. The molecule has 7 heteroatoms. The third-order valence-corrected chi connectivity index (χ3v) is 2.26. The molecule has 0 aliphatic rings. The van der Waals surface area contributed by atoms with E-state index in [0.717, 1.165) is 0 Å². The number of hydrogen-bond donors (Lipinski definition) is 3. The molecule has 4 N–H and O–H groups in total. The third kappa shape index (κ3) is 2.57. The summed E-state index contributed by atoms with van der Waals surface area (Å²) in [6.45, 7) is 2.14. The van der Waals surface area contributed by atoms with Gasteiger partial charge in [0.15, 0.2) is 11.5 Å². The largest absolute Gasteiger partial charge is 0.477 e. The summed E-state index contributed by atoms with van der Waals surface area (Å²) in [4.78, 5) is 14.7. The summed E-state index contributed by atoms with van der Waals surface area (Å²) in [5.41, 5.74) is 6.70. The number of rotatable bonds is 4. The number of carboxylic acids is 1. The lowest BCUT2D eigenvalue weighted by Gasteiger charge is -2.07. The Morgan fingerprint density at radius 2 is 2.33 bits per heavy atom. The minimum Gasteiger partial charge on any atom is -0.477 e. The SMILES string of the molecule is Cc1cc(CNc2nc(C(=O)O)ccc2N)no1. The zero-order valence-electron chi connectivity index (χ0n) is 9.67. The van der Waals surface area contributed by atoms with Crippen molar-refractivity contribution in [2.45, 2.75) is 13.5 Å². The number of carboxylic acid groups (broad SMARTS) is 1. The number of pyridine rings is 1. The number of aromatic carboxylic acids is 1. The van der Waals surface area contributed by atoms with Gasteiger partial charge in [-0.1, -0.05) is 5.16 Å². The molecule has 0 aliphatic carbocycles. The maximum absolute atomic E-state index is 10.8. The number of carbonyl (C=O) groups is 1. The van der Waals surface area contributed by atoms with Gasteiger partial charge >= 0.3 is 5.97 Å². The molecule has 0 unspecified atom stereocenters. The van der Waals surface area contributed by atoms with E-state index in [2.05, 4.69) is 15.5 Å². The van der Waals surface area contributed by atoms with Crippen LogP contribution in [0.25, 0.3) is 0 Å². The molecule has 0 bridgehead atoms. The van der Waals surface area contributed by atoms with Crippen molar-refractivity contribution in [3.8, 4) is 0 Å². The lowest BCUT2D eigenvalue weighted by atomic mass is 10.3. The van der Waals surface area contributed by atoms with Crippen molar-refractivity contribution in [1.82, 2.24) is 10.1 Å². The Kier molecular flexibility index (Phi) is 3.13. The van der Waals surface area contributed by atoms with Gasteiger partial charge in [-0.3, -0.25) is 0 Å². The van der Waals surface area contributed by atoms with Crippen LogP contribution in [-0.4, -0.2) is 21.2 Å². The van der Waals surface area contributed by atoms with Gasteiger partial charge in [0, 0.05) is 6.07 Å². The van der Waals surface area contributed by atoms with E-state index in [0.29, 0.717) is 29.5 Å². The highest BCUT2D eigenvalue weighted by Crippen LogP contribution is 2.16. The molecule has 0 fully saturated rings. The van der Waals surface area contributed by atoms with Crippen molar-refractivity contribution in [2.24, 2.45) is 0 Å². The summed E-state index contributed by atoms with van der Waals surface area (Å²) < 4.78 is 4.91. The van der Waals surface area contributed by atoms with E-state index in [1.807, 2.05) is 0 Å². The van der Waals surface area contributed by atoms with E-state index in [4.69, 9.17) is 15.4 Å². The number of nitrogen functional groups attached to an aromatic ring is 1. The van der Waals surface area contributed by atoms with Gasteiger partial charge in [-0.15, -0.1) is 0 Å². The second-order valence-corrected chi connectivity index (χ2v) is 3.72. The molecule has 2 rings (SSSR count). The molecule has 0 aliphatic heterocycles. The van der Waals surface area contributed by atoms with E-state index < -0.39 is 5.97 Å². The summed E-state index contributed by atoms with van der Waals surface area (Å²) in [5.74, 6) is -0.0853. The van der Waals surface area contributed by atoms with Crippen LogP contribution >= 0.6 is 0 Å². The molecule has 7 nitrogen and oxygen atoms in total. The lowest BCUT2D eigenvalue weighted by Crippen LogP contribution is -2.08. The molecule has 0 aromatic carbocycles. The number of hydrogen-bond acceptors (Lipinski definition) is 6. The quantitative estimate of drug-likeness (QED) is 0.746. The topological polar surface area (TPSA) is 114 Å². The molecule has 2 aromatic rings. The van der Waals surface area contributed by atoms with E-state index in [9.17, 15) is 4.79 Å². The fourth-order valence-corrected chi connectivity index (χ4v) is 1.41. The first kappa shape index (κ1) is 11.9. The molecule has 0 saturated carbocycles. The molecular weight excluding hydrogens is 236 g/mol. The van der Waals surface area contributed by atoms with Crippen LogP contribution in [0.5, 0.6) is 0 Å². The number of aromatic nitrogens is 2. The highest BCUT2D eigenvalue weighted by Gasteiger charge is 2.09. The zero-order valence-corrected chi connectivity index (χ0v) is 9.67. The Labute approximate surface area is 103 Å². The van der Waals surface area contributed by atoms with Crippen LogP contribution in [0, 0.1) is 6.92 Å². The molecule has 2 aromatic heterocycles. The predicted octanol–water partition coefficient (Wildman–Crippen LogP) is 1.27. The molecule has 18 heavy (non-hydrogen) atoms. The van der Waals surface area contributed by atoms with Crippen LogP contribution in [0.4, 0.5) is 11.5 Å². The maximum atomic E-state index is 10.8. The van der Waals surface area contributed by atoms with E-state index >= 15 is 0 Å². The first-order chi connectivity index (χ1) is 8.56. The van der Waals surface area contributed by atoms with E-state index in [1.165, 1.54) is 12.1 Å². The first-order valence-corrected chi connectivity index (χ1v) is 5.22. The van der Waals surface area contributed by atoms with Crippen LogP contribution < -0.4 is 11.1 Å². The van der Waals surface area contributed by atoms with Gasteiger partial charge in [0.1, 0.15) is 11.5 Å². The molecule has 0 radical (unpaired) electrons. The van der Waals surface area contributed by atoms with Gasteiger partial charge in [0.2, 0.25) is 0 Å². The highest BCUT2D eigenvalue weighted by molar-refractivity contribution is 5.86. The summed E-state index contributed by atoms with van der Waals surface area (Å²) in [7, 11) is 0. The van der Waals surface area contributed by atoms with Gasteiger partial charge in [-0.05, 0) is 19.1 Å². The number of anilines is 2. The van der Waals surface area contributed by atoms with Crippen molar-refractivity contribution in [3.63, 3.8) is 0 Å². The second kappa shape index (κ2) is 4.74. The predicted molar refractivity (Wildman–Crippen MR) is 64.2 cm³/mol. The van der Waals surface area contributed by atoms with Crippen LogP contribution in [0.1, 0.15) is 21.9 Å². The van der Waals surface area contributed by atoms with Crippen LogP contribution in [0.15, 0.2) is 22.7 Å². The Bertz CT molecular complexity index is 579. The van der Waals surface area contributed by atoms with Crippen molar-refractivity contribution in [3.05, 3.63) is 35.3 Å². The van der Waals surface area contributed by atoms with Gasteiger partial charge < -0.3 is 20.7 Å². The van der Waals surface area contributed by atoms with Crippen LogP contribution in [-0.2, 0) is 6.54 Å². The van der Waals surface area contributed by atoms with Gasteiger partial charge in [0.25, 0.3) is 0 Å². The summed E-state index contributed by atoms with van der Waals surface area (Å²) in [6.07, 6.45) is 0. The minimum absolute atomic E-state index is 0.0666. The van der Waals surface area contributed by atoms with Crippen molar-refractivity contribution < 1.29 is 14.4 Å². The minimum atomic E-state index is -1.10. The maximum Gasteiger partial charge on any atom is 0.354 e. The summed E-state index contributed by atoms with van der Waals surface area (Å²) in [5, 5.41) is 15.5. The highest BCUT2D eigenvalue weighted by atomic mass is 16.5. The summed E-state index contributed by atoms with van der Waals surface area (Å²) in [6, 6.07) is 4.61. The number of nitrogens with two attached hydrogens (primary N) is 1. The molecule has 94 valence electrons. The monoisotopic (exact) mass is 248 g/mol. The Balaban J connectivity index is 2.13. The van der Waals surface area contributed by atoms with Gasteiger partial charge in [-0.25, -0.2) is 9.78 Å². The molecule has 0 spiro atoms. The molecule has 2 heterocycles. The van der Waals surface area contributed by atoms with Gasteiger partial charge in [-0.2, -0.15) is 0 Å². The second-order valence-electron chi connectivity index (χ2n) is 3.72. The first-order valence-electron chi connectivity index (χ1n) is 5.22. The molecule has 0 atom stereocenters. The average molecular weight is 248 g/mol. The fourth-order valence-electron chi connectivity index (χ4n) is 1.41. The van der Waals surface area contributed by atoms with Crippen LogP contribution in [0.3, 0.4) is 0 Å². The van der Waals surface area contributed by atoms with Crippen LogP contribution in [0.2, 0.25) is 0 Å². The van der Waals surface area contributed by atoms with Crippen molar-refractivity contribution in [2.75, 3.05) is 11.1 Å². The smallest absolute Gasteiger partial charge is 0.354 e. The number of aryl methyl sites for hydroxylation is 1. The fraction of sp³-hybridized carbons (Fsp3) is 0.182. The molecule has 0 amide bonds. The average Bonchev–Trinajstić information content (AvgIpc) is 2.74. The molecular formula is C11H12N4O3. The Morgan fingerprint density at radius 1 is 1.56 bits per heavy atom. The Hall–Kier alpha value is -2.57. The standard InChI is InChI=1S/C11H12N4O3/c1-6-4-7(15-18-6)5-13-10-8(12)2-3-9(14-10)11(16)17/h2-4H,5,12H2,1H3,(H,13,14)(H,16,17). The lowest BCUT2D eigenvalue weighted by molar-refractivity contribution is 0.0690.